The van der Waals surface area contributed by atoms with Gasteiger partial charge in [-0.3, -0.25) is 18.6 Å². The molecular weight excluding hydrogens is 1220 g/mol. The lowest BCUT2D eigenvalue weighted by Crippen LogP contribution is -2.29. The summed E-state index contributed by atoms with van der Waals surface area (Å²) < 4.78 is 33.3. The van der Waals surface area contributed by atoms with E-state index in [1.54, 1.807) is 0 Å². The number of carbonyl (C=O) groups is 2. The van der Waals surface area contributed by atoms with Crippen molar-refractivity contribution in [2.45, 2.75) is 367 Å². The zero-order valence-corrected chi connectivity index (χ0v) is 63.7. The molecule has 0 saturated heterocycles. The predicted molar refractivity (Wildman–Crippen MR) is 422 cm³/mol. The lowest BCUT2D eigenvalue weighted by Gasteiger charge is -2.19. The van der Waals surface area contributed by atoms with Gasteiger partial charge in [0.05, 0.1) is 13.2 Å². The monoisotopic (exact) mass is 1370 g/mol. The molecule has 0 spiro atoms. The molecule has 10 heteroatoms. The van der Waals surface area contributed by atoms with Crippen LogP contribution in [0.4, 0.5) is 0 Å². The first-order valence-corrected chi connectivity index (χ1v) is 41.8. The van der Waals surface area contributed by atoms with Crippen LogP contribution in [-0.2, 0) is 32.7 Å². The molecule has 2 unspecified atom stereocenters. The fraction of sp³-hybridized carbons (Fsp3) is 0.701. The summed E-state index contributed by atoms with van der Waals surface area (Å²) in [6.45, 7) is 3.55. The Labute approximate surface area is 598 Å². The number of ether oxygens (including phenoxy) is 2. The zero-order valence-electron chi connectivity index (χ0n) is 62.8. The number of esters is 2. The molecule has 3 N–H and O–H groups in total. The maximum atomic E-state index is 12.8. The van der Waals surface area contributed by atoms with E-state index < -0.39 is 26.5 Å². The number of rotatable bonds is 75. The molecule has 2 atom stereocenters. The molecule has 0 aliphatic heterocycles. The number of phosphoric ester groups is 1. The average molecular weight is 1370 g/mol. The molecule has 0 aliphatic rings. The molecule has 0 aromatic heterocycles. The predicted octanol–water partition coefficient (Wildman–Crippen LogP) is 27.3. The van der Waals surface area contributed by atoms with Crippen LogP contribution in [0, 0.1) is 0 Å². The topological polar surface area (TPSA) is 134 Å². The average Bonchev–Trinajstić information content (AvgIpc) is 2.17. The number of nitrogens with two attached hydrogens (primary N) is 1. The van der Waals surface area contributed by atoms with Crippen LogP contribution >= 0.6 is 7.82 Å². The van der Waals surface area contributed by atoms with Gasteiger partial charge in [0, 0.05) is 19.4 Å². The largest absolute Gasteiger partial charge is 0.472 e. The van der Waals surface area contributed by atoms with E-state index in [9.17, 15) is 19.0 Å². The number of carbonyl (C=O) groups excluding carboxylic acids is 2. The highest BCUT2D eigenvalue weighted by Gasteiger charge is 2.26. The van der Waals surface area contributed by atoms with Crippen LogP contribution in [0.2, 0.25) is 0 Å². The van der Waals surface area contributed by atoms with Crippen LogP contribution in [0.5, 0.6) is 0 Å². The Hall–Kier alpha value is -4.11. The molecule has 0 saturated carbocycles. The molecule has 0 amide bonds. The van der Waals surface area contributed by atoms with Crippen LogP contribution in [0.15, 0.2) is 146 Å². The minimum atomic E-state index is -4.40. The molecule has 0 fully saturated rings. The molecule has 0 heterocycles. The van der Waals surface area contributed by atoms with Crippen LogP contribution in [0.3, 0.4) is 0 Å². The zero-order chi connectivity index (χ0) is 70.0. The van der Waals surface area contributed by atoms with Gasteiger partial charge in [0.25, 0.3) is 0 Å². The van der Waals surface area contributed by atoms with Gasteiger partial charge in [-0.2, -0.15) is 0 Å². The maximum absolute atomic E-state index is 12.8. The smallest absolute Gasteiger partial charge is 0.462 e. The summed E-state index contributed by atoms with van der Waals surface area (Å²) in [5.74, 6) is -0.821. The molecular formula is C87H150NO8P. The van der Waals surface area contributed by atoms with Crippen molar-refractivity contribution in [2.24, 2.45) is 5.73 Å². The van der Waals surface area contributed by atoms with Crippen molar-refractivity contribution in [1.29, 1.82) is 0 Å². The van der Waals surface area contributed by atoms with Gasteiger partial charge >= 0.3 is 19.8 Å². The highest BCUT2D eigenvalue weighted by atomic mass is 31.2. The second-order valence-corrected chi connectivity index (χ2v) is 28.0. The van der Waals surface area contributed by atoms with Crippen LogP contribution in [0.1, 0.15) is 361 Å². The summed E-state index contributed by atoms with van der Waals surface area (Å²) in [5.41, 5.74) is 5.42. The van der Waals surface area contributed by atoms with Crippen molar-refractivity contribution >= 4 is 19.8 Å². The van der Waals surface area contributed by atoms with Crippen LogP contribution in [-0.4, -0.2) is 49.3 Å². The summed E-state index contributed by atoms with van der Waals surface area (Å²) in [4.78, 5) is 35.5. The van der Waals surface area contributed by atoms with E-state index in [1.165, 1.54) is 212 Å². The van der Waals surface area contributed by atoms with Gasteiger partial charge in [-0.05, 0) is 116 Å². The molecule has 9 nitrogen and oxygen atoms in total. The highest BCUT2D eigenvalue weighted by Crippen LogP contribution is 2.43. The Balaban J connectivity index is 3.82. The number of unbranched alkanes of at least 4 members (excludes halogenated alkanes) is 38. The van der Waals surface area contributed by atoms with Crippen molar-refractivity contribution < 1.29 is 37.6 Å². The lowest BCUT2D eigenvalue weighted by molar-refractivity contribution is -0.161. The second kappa shape index (κ2) is 80.9. The molecule has 0 aromatic carbocycles. The first kappa shape index (κ1) is 92.9. The summed E-state index contributed by atoms with van der Waals surface area (Å²) >= 11 is 0. The van der Waals surface area contributed by atoms with Gasteiger partial charge in [0.2, 0.25) is 0 Å². The molecule has 0 radical (unpaired) electrons. The molecule has 0 bridgehead atoms. The van der Waals surface area contributed by atoms with E-state index in [0.717, 1.165) is 116 Å². The van der Waals surface area contributed by atoms with Crippen molar-refractivity contribution in [3.8, 4) is 0 Å². The van der Waals surface area contributed by atoms with Crippen LogP contribution in [0.25, 0.3) is 0 Å². The summed E-state index contributed by atoms with van der Waals surface area (Å²) in [5, 5.41) is 0. The first-order chi connectivity index (χ1) is 47.8. The van der Waals surface area contributed by atoms with E-state index in [2.05, 4.69) is 160 Å². The van der Waals surface area contributed by atoms with Crippen molar-refractivity contribution in [3.63, 3.8) is 0 Å². The molecule has 97 heavy (non-hydrogen) atoms. The number of allylic oxidation sites excluding steroid dienone is 24. The quantitative estimate of drug-likeness (QED) is 0.0264. The van der Waals surface area contributed by atoms with Crippen molar-refractivity contribution in [2.75, 3.05) is 26.4 Å². The third-order valence-corrected chi connectivity index (χ3v) is 18.2. The highest BCUT2D eigenvalue weighted by molar-refractivity contribution is 7.47. The Morgan fingerprint density at radius 3 is 0.794 bits per heavy atom. The van der Waals surface area contributed by atoms with E-state index in [0.29, 0.717) is 6.42 Å². The first-order valence-electron chi connectivity index (χ1n) is 40.3. The molecule has 556 valence electrons. The Morgan fingerprint density at radius 2 is 0.536 bits per heavy atom. The lowest BCUT2D eigenvalue weighted by atomic mass is 10.0. The Morgan fingerprint density at radius 1 is 0.309 bits per heavy atom. The van der Waals surface area contributed by atoms with Crippen molar-refractivity contribution in [1.82, 2.24) is 0 Å². The Bertz CT molecular complexity index is 2110. The van der Waals surface area contributed by atoms with E-state index >= 15 is 0 Å². The summed E-state index contributed by atoms with van der Waals surface area (Å²) in [6, 6.07) is 0. The SMILES string of the molecule is CC/C=C\C/C=C\C/C=C\C/C=C\C/C=C\C/C=C\C/C=C\C/C=C\CCCCCCCCCCCCCCC(=O)OC(COC(=O)CCCCCCCCCCCCCCCCCCCCCCCCCCCC/C=C\C/C=C\C/C=C\C/C=C\CC)COP(=O)(O)OCCN. The fourth-order valence-electron chi connectivity index (χ4n) is 11.4. The summed E-state index contributed by atoms with van der Waals surface area (Å²) in [6.07, 6.45) is 117. The number of hydrogen-bond acceptors (Lipinski definition) is 8. The maximum Gasteiger partial charge on any atom is 0.472 e. The minimum absolute atomic E-state index is 0.0496. The second-order valence-electron chi connectivity index (χ2n) is 26.5. The molecule has 0 aromatic rings. The van der Waals surface area contributed by atoms with Gasteiger partial charge in [0.1, 0.15) is 6.61 Å². The van der Waals surface area contributed by atoms with E-state index in [4.69, 9.17) is 24.3 Å². The third kappa shape index (κ3) is 80.8. The van der Waals surface area contributed by atoms with Gasteiger partial charge in [-0.25, -0.2) is 4.57 Å². The Kier molecular flexibility index (Phi) is 77.4. The van der Waals surface area contributed by atoms with Crippen LogP contribution < -0.4 is 5.73 Å². The molecule has 0 rings (SSSR count). The van der Waals surface area contributed by atoms with Gasteiger partial charge < -0.3 is 20.1 Å². The summed E-state index contributed by atoms with van der Waals surface area (Å²) in [7, 11) is -4.40. The van der Waals surface area contributed by atoms with Crippen molar-refractivity contribution in [3.05, 3.63) is 146 Å². The number of phosphoric acid groups is 1. The van der Waals surface area contributed by atoms with Gasteiger partial charge in [-0.15, -0.1) is 0 Å². The van der Waals surface area contributed by atoms with Gasteiger partial charge in [-0.1, -0.05) is 378 Å². The third-order valence-electron chi connectivity index (χ3n) is 17.2. The van der Waals surface area contributed by atoms with Gasteiger partial charge in [0.15, 0.2) is 6.10 Å². The molecule has 0 aliphatic carbocycles. The number of hydrogen-bond donors (Lipinski definition) is 2. The minimum Gasteiger partial charge on any atom is -0.462 e. The fourth-order valence-corrected chi connectivity index (χ4v) is 12.1. The van der Waals surface area contributed by atoms with E-state index in [1.807, 2.05) is 0 Å². The normalized spacial score (nSPS) is 13.6. The van der Waals surface area contributed by atoms with E-state index in [-0.39, 0.29) is 38.6 Å². The standard InChI is InChI=1S/C87H150NO8P/c1-3-5-7-9-11-13-15-17-19-21-23-25-27-29-31-33-35-37-39-41-42-44-45-47-49-51-53-55-57-59-61-63-65-67-69-71-73-75-77-79-86(89)93-83-85(84-95-97(91,92)94-82-81-88)96-87(90)80-78-76-74-72-70-68-66-64-62-60-58-56-54-52-50-48-46-43-40-38-36-34-32-30-28-26-24-22-20-18-16-14-12-10-8-6-4-2/h5-8,11-14,17-20,23-26,30,32,36,38,43,46,50,52,85H,3-4,9-10,15-16,21-22,27-29,31,33-35,37,39-42,44-45,47-49,51,53-84,88H2,1-2H3,(H,91,92)/b7-5-,8-6-,13-11-,14-12-,19-17-,20-18-,25-23-,26-24-,32-30-,38-36-,46-43-,52-50-.